The van der Waals surface area contributed by atoms with Gasteiger partial charge in [-0.1, -0.05) is 0 Å². The fourth-order valence-corrected chi connectivity index (χ4v) is 2.32. The van der Waals surface area contributed by atoms with Crippen molar-refractivity contribution in [3.63, 3.8) is 0 Å². The van der Waals surface area contributed by atoms with Gasteiger partial charge in [0.25, 0.3) is 5.91 Å². The Hall–Kier alpha value is -1.32. The number of H-pyrrole nitrogens is 1. The molecule has 0 unspecified atom stereocenters. The maximum atomic E-state index is 12.2. The van der Waals surface area contributed by atoms with Gasteiger partial charge >= 0.3 is 0 Å². The van der Waals surface area contributed by atoms with E-state index in [1.807, 2.05) is 18.7 Å². The number of hydrogen-bond acceptors (Lipinski definition) is 2. The number of aromatic nitrogens is 2. The summed E-state index contributed by atoms with van der Waals surface area (Å²) >= 11 is 0. The summed E-state index contributed by atoms with van der Waals surface area (Å²) in [6, 6.07) is 0. The first-order valence-electron chi connectivity index (χ1n) is 6.13. The van der Waals surface area contributed by atoms with E-state index >= 15 is 0 Å². The van der Waals surface area contributed by atoms with Crippen molar-refractivity contribution in [2.24, 2.45) is 0 Å². The molecule has 0 saturated carbocycles. The minimum atomic E-state index is 0.0735. The summed E-state index contributed by atoms with van der Waals surface area (Å²) in [6.07, 6.45) is 4.40. The second-order valence-electron chi connectivity index (χ2n) is 4.21. The maximum Gasteiger partial charge on any atom is 0.274 e. The summed E-state index contributed by atoms with van der Waals surface area (Å²) in [7, 11) is 0. The van der Waals surface area contributed by atoms with E-state index in [0.29, 0.717) is 5.69 Å². The van der Waals surface area contributed by atoms with Crippen LogP contribution in [0, 0.1) is 0 Å². The maximum absolute atomic E-state index is 12.2. The molecule has 0 aliphatic heterocycles. The van der Waals surface area contributed by atoms with Crippen LogP contribution < -0.4 is 0 Å². The molecule has 1 heterocycles. The van der Waals surface area contributed by atoms with E-state index in [9.17, 15) is 4.79 Å². The van der Waals surface area contributed by atoms with Crippen LogP contribution in [0.2, 0.25) is 0 Å². The Balaban J connectivity index is 2.26. The van der Waals surface area contributed by atoms with Gasteiger partial charge in [-0.2, -0.15) is 5.10 Å². The molecule has 0 atom stereocenters. The number of fused-ring (bicyclic) bond motifs is 1. The van der Waals surface area contributed by atoms with Gasteiger partial charge in [-0.3, -0.25) is 9.89 Å². The Bertz CT molecular complexity index is 380. The Morgan fingerprint density at radius 3 is 2.69 bits per heavy atom. The highest BCUT2D eigenvalue weighted by molar-refractivity contribution is 5.94. The molecule has 0 bridgehead atoms. The number of rotatable bonds is 3. The number of aryl methyl sites for hydroxylation is 1. The molecule has 0 radical (unpaired) electrons. The average Bonchev–Trinajstić information content (AvgIpc) is 2.74. The largest absolute Gasteiger partial charge is 0.338 e. The van der Waals surface area contributed by atoms with Crippen LogP contribution in [-0.4, -0.2) is 34.1 Å². The number of aromatic amines is 1. The number of hydrogen-bond donors (Lipinski definition) is 1. The molecule has 0 aromatic carbocycles. The molecular weight excluding hydrogens is 202 g/mol. The lowest BCUT2D eigenvalue weighted by Crippen LogP contribution is -2.31. The summed E-state index contributed by atoms with van der Waals surface area (Å²) in [5, 5.41) is 7.21. The number of amides is 1. The zero-order valence-electron chi connectivity index (χ0n) is 10.0. The fraction of sp³-hybridized carbons (Fsp3) is 0.667. The van der Waals surface area contributed by atoms with Gasteiger partial charge in [0.2, 0.25) is 0 Å². The molecule has 1 aliphatic rings. The van der Waals surface area contributed by atoms with Crippen molar-refractivity contribution in [3.8, 4) is 0 Å². The van der Waals surface area contributed by atoms with Crippen LogP contribution in [0.4, 0.5) is 0 Å². The van der Waals surface area contributed by atoms with Gasteiger partial charge < -0.3 is 4.90 Å². The summed E-state index contributed by atoms with van der Waals surface area (Å²) in [4.78, 5) is 14.0. The van der Waals surface area contributed by atoms with Crippen LogP contribution in [0.3, 0.4) is 0 Å². The molecule has 4 heteroatoms. The third-order valence-corrected chi connectivity index (χ3v) is 3.31. The summed E-state index contributed by atoms with van der Waals surface area (Å²) < 4.78 is 0. The third kappa shape index (κ3) is 1.84. The van der Waals surface area contributed by atoms with E-state index in [4.69, 9.17) is 0 Å². The van der Waals surface area contributed by atoms with Crippen molar-refractivity contribution in [1.29, 1.82) is 0 Å². The lowest BCUT2D eigenvalue weighted by atomic mass is 9.95. The van der Waals surface area contributed by atoms with Gasteiger partial charge in [0, 0.05) is 24.3 Å². The highest BCUT2D eigenvalue weighted by atomic mass is 16.2. The van der Waals surface area contributed by atoms with E-state index < -0.39 is 0 Å². The van der Waals surface area contributed by atoms with Gasteiger partial charge in [-0.05, 0) is 39.5 Å². The van der Waals surface area contributed by atoms with Crippen LogP contribution in [0.5, 0.6) is 0 Å². The van der Waals surface area contributed by atoms with Gasteiger partial charge in [-0.15, -0.1) is 0 Å². The first-order valence-corrected chi connectivity index (χ1v) is 6.13. The molecule has 1 aliphatic carbocycles. The van der Waals surface area contributed by atoms with E-state index in [1.165, 1.54) is 18.5 Å². The molecule has 2 rings (SSSR count). The SMILES string of the molecule is CCN(CC)C(=O)c1n[nH]c2c1CCCC2. The van der Waals surface area contributed by atoms with Crippen molar-refractivity contribution < 1.29 is 4.79 Å². The van der Waals surface area contributed by atoms with E-state index in [2.05, 4.69) is 10.2 Å². The smallest absolute Gasteiger partial charge is 0.274 e. The summed E-state index contributed by atoms with van der Waals surface area (Å²) in [5.41, 5.74) is 2.98. The van der Waals surface area contributed by atoms with Crippen molar-refractivity contribution >= 4 is 5.91 Å². The minimum Gasteiger partial charge on any atom is -0.338 e. The lowest BCUT2D eigenvalue weighted by molar-refractivity contribution is 0.0766. The normalized spacial score (nSPS) is 14.6. The molecule has 16 heavy (non-hydrogen) atoms. The highest BCUT2D eigenvalue weighted by Crippen LogP contribution is 2.22. The second kappa shape index (κ2) is 4.68. The molecule has 88 valence electrons. The van der Waals surface area contributed by atoms with Gasteiger partial charge in [0.1, 0.15) is 0 Å². The molecule has 4 nitrogen and oxygen atoms in total. The summed E-state index contributed by atoms with van der Waals surface area (Å²) in [5.74, 6) is 0.0735. The fourth-order valence-electron chi connectivity index (χ4n) is 2.32. The van der Waals surface area contributed by atoms with Gasteiger partial charge in [0.05, 0.1) is 0 Å². The average molecular weight is 221 g/mol. The summed E-state index contributed by atoms with van der Waals surface area (Å²) in [6.45, 7) is 5.49. The molecule has 1 aromatic heterocycles. The van der Waals surface area contributed by atoms with Crippen molar-refractivity contribution in [1.82, 2.24) is 15.1 Å². The van der Waals surface area contributed by atoms with Crippen LogP contribution in [-0.2, 0) is 12.8 Å². The van der Waals surface area contributed by atoms with Gasteiger partial charge in [0.15, 0.2) is 5.69 Å². The molecule has 0 spiro atoms. The van der Waals surface area contributed by atoms with E-state index in [0.717, 1.165) is 31.5 Å². The van der Waals surface area contributed by atoms with Crippen molar-refractivity contribution in [2.75, 3.05) is 13.1 Å². The monoisotopic (exact) mass is 221 g/mol. The second-order valence-corrected chi connectivity index (χ2v) is 4.21. The standard InChI is InChI=1S/C12H19N3O/c1-3-15(4-2)12(16)11-9-7-5-6-8-10(9)13-14-11/h3-8H2,1-2H3,(H,13,14). The minimum absolute atomic E-state index is 0.0735. The lowest BCUT2D eigenvalue weighted by Gasteiger charge is -2.18. The highest BCUT2D eigenvalue weighted by Gasteiger charge is 2.23. The topological polar surface area (TPSA) is 49.0 Å². The van der Waals surface area contributed by atoms with E-state index in [1.54, 1.807) is 0 Å². The Morgan fingerprint density at radius 1 is 1.31 bits per heavy atom. The Kier molecular flexibility index (Phi) is 3.27. The molecular formula is C12H19N3O. The number of nitrogens with zero attached hydrogens (tertiary/aromatic N) is 2. The zero-order valence-corrected chi connectivity index (χ0v) is 10.0. The third-order valence-electron chi connectivity index (χ3n) is 3.31. The van der Waals surface area contributed by atoms with Gasteiger partial charge in [-0.25, -0.2) is 0 Å². The Morgan fingerprint density at radius 2 is 2.00 bits per heavy atom. The molecule has 1 aromatic rings. The predicted molar refractivity (Wildman–Crippen MR) is 62.5 cm³/mol. The van der Waals surface area contributed by atoms with E-state index in [-0.39, 0.29) is 5.91 Å². The first kappa shape index (κ1) is 11.2. The number of nitrogens with one attached hydrogen (secondary N) is 1. The first-order chi connectivity index (χ1) is 7.77. The zero-order chi connectivity index (χ0) is 11.5. The van der Waals surface area contributed by atoms with Crippen LogP contribution >= 0.6 is 0 Å². The predicted octanol–water partition coefficient (Wildman–Crippen LogP) is 1.77. The van der Waals surface area contributed by atoms with Crippen LogP contribution in [0.15, 0.2) is 0 Å². The number of carbonyl (C=O) groups excluding carboxylic acids is 1. The van der Waals surface area contributed by atoms with Crippen molar-refractivity contribution in [3.05, 3.63) is 17.0 Å². The quantitative estimate of drug-likeness (QED) is 0.845. The Labute approximate surface area is 96.0 Å². The van der Waals surface area contributed by atoms with Crippen LogP contribution in [0.25, 0.3) is 0 Å². The molecule has 1 N–H and O–H groups in total. The molecule has 0 fully saturated rings. The molecule has 1 amide bonds. The number of carbonyl (C=O) groups is 1. The van der Waals surface area contributed by atoms with Crippen LogP contribution in [0.1, 0.15) is 48.4 Å². The molecule has 0 saturated heterocycles. The van der Waals surface area contributed by atoms with Crippen molar-refractivity contribution in [2.45, 2.75) is 39.5 Å².